The number of hydrogen-bond acceptors (Lipinski definition) is 2. The van der Waals surface area contributed by atoms with Crippen LogP contribution in [0.4, 0.5) is 5.69 Å². The van der Waals surface area contributed by atoms with Gasteiger partial charge in [0.25, 0.3) is 0 Å². The molecule has 1 aliphatic rings. The Morgan fingerprint density at radius 1 is 1.53 bits per heavy atom. The number of hydrogen-bond donors (Lipinski definition) is 1. The van der Waals surface area contributed by atoms with Crippen LogP contribution < -0.4 is 10.6 Å². The van der Waals surface area contributed by atoms with Crippen LogP contribution in [0.2, 0.25) is 0 Å². The standard InChI is InChI=1S/C12H16N2O/c1-8-7-10-5-3-4-6-11(10)14(8)12(15)9(2)13/h3-6,8-9H,7,13H2,1-2H3/t8?,9-/m1/s1. The summed E-state index contributed by atoms with van der Waals surface area (Å²) in [5.41, 5.74) is 7.90. The second-order valence-electron chi connectivity index (χ2n) is 4.18. The molecule has 1 aliphatic heterocycles. The number of fused-ring (bicyclic) bond motifs is 1. The van der Waals surface area contributed by atoms with Crippen LogP contribution in [0.5, 0.6) is 0 Å². The van der Waals surface area contributed by atoms with Gasteiger partial charge in [-0.3, -0.25) is 4.79 Å². The first-order valence-corrected chi connectivity index (χ1v) is 5.28. The monoisotopic (exact) mass is 204 g/mol. The fourth-order valence-electron chi connectivity index (χ4n) is 2.12. The van der Waals surface area contributed by atoms with E-state index in [-0.39, 0.29) is 11.9 Å². The van der Waals surface area contributed by atoms with Crippen molar-refractivity contribution >= 4 is 11.6 Å². The molecule has 2 N–H and O–H groups in total. The van der Waals surface area contributed by atoms with Gasteiger partial charge in [-0.05, 0) is 31.9 Å². The molecule has 3 heteroatoms. The third kappa shape index (κ3) is 1.63. The molecule has 0 spiro atoms. The molecule has 0 aliphatic carbocycles. The van der Waals surface area contributed by atoms with Crippen LogP contribution in [-0.4, -0.2) is 18.0 Å². The number of anilines is 1. The smallest absolute Gasteiger partial charge is 0.243 e. The van der Waals surface area contributed by atoms with Crippen molar-refractivity contribution in [1.29, 1.82) is 0 Å². The first-order valence-electron chi connectivity index (χ1n) is 5.28. The van der Waals surface area contributed by atoms with Gasteiger partial charge in [-0.25, -0.2) is 0 Å². The quantitative estimate of drug-likeness (QED) is 0.749. The molecular weight excluding hydrogens is 188 g/mol. The number of amides is 1. The highest BCUT2D eigenvalue weighted by Gasteiger charge is 2.31. The Morgan fingerprint density at radius 3 is 2.87 bits per heavy atom. The molecule has 1 amide bonds. The molecule has 1 unspecified atom stereocenters. The number of carbonyl (C=O) groups excluding carboxylic acids is 1. The van der Waals surface area contributed by atoms with E-state index in [9.17, 15) is 4.79 Å². The number of rotatable bonds is 1. The van der Waals surface area contributed by atoms with Crippen LogP contribution in [0.3, 0.4) is 0 Å². The Bertz CT molecular complexity index is 387. The minimum Gasteiger partial charge on any atom is -0.320 e. The SMILES string of the molecule is CC1Cc2ccccc2N1C(=O)[C@@H](C)N. The lowest BCUT2D eigenvalue weighted by atomic mass is 10.1. The number of carbonyl (C=O) groups is 1. The van der Waals surface area contributed by atoms with Gasteiger partial charge in [0.05, 0.1) is 6.04 Å². The maximum Gasteiger partial charge on any atom is 0.243 e. The first kappa shape index (κ1) is 10.2. The van der Waals surface area contributed by atoms with Crippen LogP contribution in [0, 0.1) is 0 Å². The second kappa shape index (κ2) is 3.66. The predicted molar refractivity (Wildman–Crippen MR) is 60.7 cm³/mol. The van der Waals surface area contributed by atoms with Crippen molar-refractivity contribution in [3.05, 3.63) is 29.8 Å². The number of para-hydroxylation sites is 1. The highest BCUT2D eigenvalue weighted by atomic mass is 16.2. The molecule has 0 fully saturated rings. The average molecular weight is 204 g/mol. The lowest BCUT2D eigenvalue weighted by Crippen LogP contribution is -2.45. The normalized spacial score (nSPS) is 21.3. The average Bonchev–Trinajstić information content (AvgIpc) is 2.52. The summed E-state index contributed by atoms with van der Waals surface area (Å²) in [7, 11) is 0. The first-order chi connectivity index (χ1) is 7.11. The van der Waals surface area contributed by atoms with Gasteiger partial charge in [-0.15, -0.1) is 0 Å². The number of nitrogens with two attached hydrogens (primary N) is 1. The summed E-state index contributed by atoms with van der Waals surface area (Å²) in [5, 5.41) is 0. The second-order valence-corrected chi connectivity index (χ2v) is 4.18. The summed E-state index contributed by atoms with van der Waals surface area (Å²) in [6.07, 6.45) is 0.925. The maximum absolute atomic E-state index is 11.9. The summed E-state index contributed by atoms with van der Waals surface area (Å²) in [6.45, 7) is 3.79. The van der Waals surface area contributed by atoms with Crippen molar-refractivity contribution in [1.82, 2.24) is 0 Å². The van der Waals surface area contributed by atoms with Crippen molar-refractivity contribution in [3.63, 3.8) is 0 Å². The summed E-state index contributed by atoms with van der Waals surface area (Å²) in [6, 6.07) is 7.81. The molecule has 0 bridgehead atoms. The zero-order valence-corrected chi connectivity index (χ0v) is 9.10. The third-order valence-electron chi connectivity index (χ3n) is 2.83. The lowest BCUT2D eigenvalue weighted by molar-refractivity contribution is -0.119. The Morgan fingerprint density at radius 2 is 2.20 bits per heavy atom. The van der Waals surface area contributed by atoms with E-state index in [0.717, 1.165) is 12.1 Å². The van der Waals surface area contributed by atoms with E-state index < -0.39 is 6.04 Å². The zero-order valence-electron chi connectivity index (χ0n) is 9.10. The molecule has 80 valence electrons. The van der Waals surface area contributed by atoms with E-state index >= 15 is 0 Å². The van der Waals surface area contributed by atoms with Gasteiger partial charge >= 0.3 is 0 Å². The Balaban J connectivity index is 2.38. The molecule has 0 aromatic heterocycles. The van der Waals surface area contributed by atoms with Gasteiger partial charge in [0, 0.05) is 11.7 Å². The predicted octanol–water partition coefficient (Wildman–Crippen LogP) is 1.31. The van der Waals surface area contributed by atoms with Crippen LogP contribution in [-0.2, 0) is 11.2 Å². The molecule has 3 nitrogen and oxygen atoms in total. The van der Waals surface area contributed by atoms with Crippen LogP contribution >= 0.6 is 0 Å². The molecule has 0 saturated heterocycles. The van der Waals surface area contributed by atoms with Crippen molar-refractivity contribution in [2.45, 2.75) is 32.4 Å². The van der Waals surface area contributed by atoms with Gasteiger partial charge in [0.2, 0.25) is 5.91 Å². The highest BCUT2D eigenvalue weighted by molar-refractivity contribution is 5.99. The van der Waals surface area contributed by atoms with Gasteiger partial charge in [0.1, 0.15) is 0 Å². The third-order valence-corrected chi connectivity index (χ3v) is 2.83. The summed E-state index contributed by atoms with van der Waals surface area (Å²) >= 11 is 0. The van der Waals surface area contributed by atoms with E-state index in [1.165, 1.54) is 5.56 Å². The van der Waals surface area contributed by atoms with Crippen molar-refractivity contribution in [2.24, 2.45) is 5.73 Å². The Labute approximate surface area is 89.9 Å². The topological polar surface area (TPSA) is 46.3 Å². The summed E-state index contributed by atoms with van der Waals surface area (Å²) < 4.78 is 0. The fraction of sp³-hybridized carbons (Fsp3) is 0.417. The Hall–Kier alpha value is -1.35. The van der Waals surface area contributed by atoms with Crippen LogP contribution in [0.1, 0.15) is 19.4 Å². The van der Waals surface area contributed by atoms with Crippen LogP contribution in [0.15, 0.2) is 24.3 Å². The van der Waals surface area contributed by atoms with E-state index in [1.54, 1.807) is 6.92 Å². The van der Waals surface area contributed by atoms with Gasteiger partial charge in [-0.2, -0.15) is 0 Å². The molecule has 15 heavy (non-hydrogen) atoms. The summed E-state index contributed by atoms with van der Waals surface area (Å²) in [4.78, 5) is 13.7. The van der Waals surface area contributed by atoms with Crippen molar-refractivity contribution < 1.29 is 4.79 Å². The van der Waals surface area contributed by atoms with Gasteiger partial charge < -0.3 is 10.6 Å². The molecule has 0 saturated carbocycles. The van der Waals surface area contributed by atoms with E-state index in [1.807, 2.05) is 23.1 Å². The summed E-state index contributed by atoms with van der Waals surface area (Å²) in [5.74, 6) is 0.00690. The zero-order chi connectivity index (χ0) is 11.0. The minimum absolute atomic E-state index is 0.00690. The van der Waals surface area contributed by atoms with Crippen LogP contribution in [0.25, 0.3) is 0 Å². The number of benzene rings is 1. The van der Waals surface area contributed by atoms with Crippen molar-refractivity contribution in [2.75, 3.05) is 4.90 Å². The molecule has 1 aromatic carbocycles. The largest absolute Gasteiger partial charge is 0.320 e. The van der Waals surface area contributed by atoms with E-state index in [4.69, 9.17) is 5.73 Å². The highest BCUT2D eigenvalue weighted by Crippen LogP contribution is 2.31. The van der Waals surface area contributed by atoms with Gasteiger partial charge in [-0.1, -0.05) is 18.2 Å². The molecule has 0 radical (unpaired) electrons. The fourth-order valence-corrected chi connectivity index (χ4v) is 2.12. The van der Waals surface area contributed by atoms with Gasteiger partial charge in [0.15, 0.2) is 0 Å². The molecule has 1 heterocycles. The van der Waals surface area contributed by atoms with Crippen molar-refractivity contribution in [3.8, 4) is 0 Å². The van der Waals surface area contributed by atoms with E-state index in [2.05, 4.69) is 13.0 Å². The molecule has 1 aromatic rings. The molecular formula is C12H16N2O. The maximum atomic E-state index is 11.9. The number of nitrogens with zero attached hydrogens (tertiary/aromatic N) is 1. The molecule has 2 atom stereocenters. The minimum atomic E-state index is -0.432. The lowest BCUT2D eigenvalue weighted by Gasteiger charge is -2.24. The Kier molecular flexibility index (Phi) is 2.49. The van der Waals surface area contributed by atoms with E-state index in [0.29, 0.717) is 0 Å². The molecule has 2 rings (SSSR count).